The van der Waals surface area contributed by atoms with Gasteiger partial charge in [-0.2, -0.15) is 0 Å². The van der Waals surface area contributed by atoms with Crippen molar-refractivity contribution in [2.24, 2.45) is 0 Å². The number of aryl methyl sites for hydroxylation is 1. The largest absolute Gasteiger partial charge is 0.493 e. The summed E-state index contributed by atoms with van der Waals surface area (Å²) in [6.45, 7) is 1.99. The van der Waals surface area contributed by atoms with Gasteiger partial charge in [0.05, 0.1) is 14.2 Å². The zero-order valence-corrected chi connectivity index (χ0v) is 27.5. The lowest BCUT2D eigenvalue weighted by molar-refractivity contribution is -0.116. The Labute approximate surface area is 284 Å². The Kier molecular flexibility index (Phi) is 11.3. The first kappa shape index (κ1) is 33.6. The quantitative estimate of drug-likeness (QED) is 0.0931. The van der Waals surface area contributed by atoms with Gasteiger partial charge in [0, 0.05) is 21.8 Å². The SMILES string of the molecule is COc1ccc(/C=C(/NC(=O)c2ccccc2)C(=O)Nc2cccc(SC(C(=O)Nc3ccc(C)cc3)c3ccccc3)c2)cc1OC. The third kappa shape index (κ3) is 8.92. The summed E-state index contributed by atoms with van der Waals surface area (Å²) in [5.41, 5.74) is 4.17. The fraction of sp³-hybridized carbons (Fsp3) is 0.103. The highest BCUT2D eigenvalue weighted by molar-refractivity contribution is 8.00. The Balaban J connectivity index is 1.39. The summed E-state index contributed by atoms with van der Waals surface area (Å²) in [5, 5.41) is 8.12. The van der Waals surface area contributed by atoms with Gasteiger partial charge < -0.3 is 25.4 Å². The number of amides is 3. The summed E-state index contributed by atoms with van der Waals surface area (Å²) in [4.78, 5) is 41.2. The Morgan fingerprint density at radius 2 is 1.38 bits per heavy atom. The van der Waals surface area contributed by atoms with Crippen LogP contribution in [0.4, 0.5) is 11.4 Å². The molecule has 0 radical (unpaired) electrons. The average Bonchev–Trinajstić information content (AvgIpc) is 3.12. The molecule has 0 spiro atoms. The van der Waals surface area contributed by atoms with Crippen molar-refractivity contribution in [1.29, 1.82) is 0 Å². The predicted octanol–water partition coefficient (Wildman–Crippen LogP) is 7.89. The number of carbonyl (C=O) groups excluding carboxylic acids is 3. The molecule has 1 atom stereocenters. The van der Waals surface area contributed by atoms with Crippen LogP contribution in [0.5, 0.6) is 11.5 Å². The van der Waals surface area contributed by atoms with Gasteiger partial charge in [0.2, 0.25) is 5.91 Å². The number of carbonyl (C=O) groups is 3. The standard InChI is InChI=1S/C39H35N3O5S/c1-26-17-20-30(21-18-26)40-39(45)36(28-11-6-4-7-12-28)48-32-16-10-15-31(25-32)41-38(44)33(42-37(43)29-13-8-5-9-14-29)23-27-19-22-34(46-2)35(24-27)47-3/h4-25,36H,1-3H3,(H,40,45)(H,41,44)(H,42,43)/b33-23+. The van der Waals surface area contributed by atoms with E-state index in [1.54, 1.807) is 66.7 Å². The average molecular weight is 658 g/mol. The smallest absolute Gasteiger partial charge is 0.272 e. The van der Waals surface area contributed by atoms with Crippen LogP contribution in [-0.2, 0) is 9.59 Å². The lowest BCUT2D eigenvalue weighted by Crippen LogP contribution is -2.30. The molecule has 0 heterocycles. The molecular formula is C39H35N3O5S. The Bertz CT molecular complexity index is 1910. The van der Waals surface area contributed by atoms with Gasteiger partial charge in [0.15, 0.2) is 11.5 Å². The van der Waals surface area contributed by atoms with Crippen molar-refractivity contribution in [2.45, 2.75) is 17.1 Å². The highest BCUT2D eigenvalue weighted by Crippen LogP contribution is 2.37. The number of anilines is 2. The first-order chi connectivity index (χ1) is 23.3. The van der Waals surface area contributed by atoms with E-state index in [-0.39, 0.29) is 11.6 Å². The van der Waals surface area contributed by atoms with Crippen LogP contribution in [0, 0.1) is 6.92 Å². The number of benzene rings is 5. The predicted molar refractivity (Wildman–Crippen MR) is 191 cm³/mol. The van der Waals surface area contributed by atoms with Crippen LogP contribution in [0.3, 0.4) is 0 Å². The van der Waals surface area contributed by atoms with Gasteiger partial charge in [0.25, 0.3) is 11.8 Å². The van der Waals surface area contributed by atoms with Gasteiger partial charge >= 0.3 is 0 Å². The molecule has 0 saturated carbocycles. The van der Waals surface area contributed by atoms with Crippen LogP contribution >= 0.6 is 11.8 Å². The van der Waals surface area contributed by atoms with Crippen LogP contribution in [0.15, 0.2) is 138 Å². The zero-order valence-electron chi connectivity index (χ0n) is 26.7. The van der Waals surface area contributed by atoms with Crippen molar-refractivity contribution in [3.05, 3.63) is 155 Å². The van der Waals surface area contributed by atoms with Crippen molar-refractivity contribution >= 4 is 46.9 Å². The fourth-order valence-electron chi connectivity index (χ4n) is 4.78. The minimum Gasteiger partial charge on any atom is -0.493 e. The lowest BCUT2D eigenvalue weighted by Gasteiger charge is -2.18. The molecule has 0 aliphatic carbocycles. The van der Waals surface area contributed by atoms with Gasteiger partial charge in [-0.15, -0.1) is 11.8 Å². The van der Waals surface area contributed by atoms with Crippen molar-refractivity contribution in [3.8, 4) is 11.5 Å². The van der Waals surface area contributed by atoms with Gasteiger partial charge in [-0.05, 0) is 78.7 Å². The van der Waals surface area contributed by atoms with Crippen molar-refractivity contribution in [3.63, 3.8) is 0 Å². The number of nitrogens with one attached hydrogen (secondary N) is 3. The van der Waals surface area contributed by atoms with E-state index in [4.69, 9.17) is 9.47 Å². The van der Waals surface area contributed by atoms with Crippen LogP contribution in [0.25, 0.3) is 6.08 Å². The van der Waals surface area contributed by atoms with Crippen molar-refractivity contribution in [1.82, 2.24) is 5.32 Å². The van der Waals surface area contributed by atoms with E-state index >= 15 is 0 Å². The second-order valence-corrected chi connectivity index (χ2v) is 11.9. The summed E-state index contributed by atoms with van der Waals surface area (Å²) in [6.07, 6.45) is 1.57. The van der Waals surface area contributed by atoms with Crippen LogP contribution in [0.2, 0.25) is 0 Å². The van der Waals surface area contributed by atoms with E-state index in [1.807, 2.05) is 73.7 Å². The maximum Gasteiger partial charge on any atom is 0.272 e. The molecule has 0 bridgehead atoms. The van der Waals surface area contributed by atoms with Gasteiger partial charge in [-0.1, -0.05) is 78.4 Å². The minimum absolute atomic E-state index is 0.0220. The number of thioether (sulfide) groups is 1. The molecule has 5 rings (SSSR count). The summed E-state index contributed by atoms with van der Waals surface area (Å²) >= 11 is 1.37. The molecule has 0 fully saturated rings. The monoisotopic (exact) mass is 657 g/mol. The summed E-state index contributed by atoms with van der Waals surface area (Å²) in [7, 11) is 3.06. The summed E-state index contributed by atoms with van der Waals surface area (Å²) in [5.74, 6) is -0.137. The number of ether oxygens (including phenoxy) is 2. The van der Waals surface area contributed by atoms with E-state index in [0.717, 1.165) is 16.0 Å². The second-order valence-electron chi connectivity index (χ2n) is 10.7. The molecule has 8 nitrogen and oxygen atoms in total. The van der Waals surface area contributed by atoms with Crippen LogP contribution < -0.4 is 25.4 Å². The highest BCUT2D eigenvalue weighted by Gasteiger charge is 2.23. The maximum absolute atomic E-state index is 13.7. The van der Waals surface area contributed by atoms with Crippen LogP contribution in [0.1, 0.15) is 32.3 Å². The zero-order chi connectivity index (χ0) is 33.9. The molecule has 0 aromatic heterocycles. The minimum atomic E-state index is -0.566. The maximum atomic E-state index is 13.7. The number of rotatable bonds is 12. The molecule has 0 aliphatic rings. The Morgan fingerprint density at radius 1 is 0.688 bits per heavy atom. The fourth-order valence-corrected chi connectivity index (χ4v) is 5.86. The van der Waals surface area contributed by atoms with E-state index in [0.29, 0.717) is 34.0 Å². The Hall–Kier alpha value is -5.80. The number of hydrogen-bond donors (Lipinski definition) is 3. The molecule has 242 valence electrons. The molecule has 48 heavy (non-hydrogen) atoms. The molecular weight excluding hydrogens is 623 g/mol. The van der Waals surface area contributed by atoms with Gasteiger partial charge in [0.1, 0.15) is 10.9 Å². The first-order valence-corrected chi connectivity index (χ1v) is 16.0. The Morgan fingerprint density at radius 3 is 2.06 bits per heavy atom. The molecule has 1 unspecified atom stereocenters. The molecule has 3 N–H and O–H groups in total. The van der Waals surface area contributed by atoms with Gasteiger partial charge in [-0.25, -0.2) is 0 Å². The summed E-state index contributed by atoms with van der Waals surface area (Å²) in [6, 6.07) is 38.2. The third-order valence-corrected chi connectivity index (χ3v) is 8.50. The van der Waals surface area contributed by atoms with Crippen LogP contribution in [-0.4, -0.2) is 31.9 Å². The summed E-state index contributed by atoms with van der Waals surface area (Å²) < 4.78 is 10.8. The molecule has 0 aliphatic heterocycles. The van der Waals surface area contributed by atoms with Gasteiger partial charge in [-0.3, -0.25) is 14.4 Å². The van der Waals surface area contributed by atoms with E-state index in [1.165, 1.54) is 26.0 Å². The highest BCUT2D eigenvalue weighted by atomic mass is 32.2. The topological polar surface area (TPSA) is 106 Å². The second kappa shape index (κ2) is 16.2. The van der Waals surface area contributed by atoms with Crippen molar-refractivity contribution < 1.29 is 23.9 Å². The molecule has 5 aromatic rings. The number of methoxy groups -OCH3 is 2. The number of hydrogen-bond acceptors (Lipinski definition) is 6. The molecule has 9 heteroatoms. The third-order valence-electron chi connectivity index (χ3n) is 7.25. The van der Waals surface area contributed by atoms with E-state index < -0.39 is 17.1 Å². The molecule has 5 aromatic carbocycles. The van der Waals surface area contributed by atoms with Crippen molar-refractivity contribution in [2.75, 3.05) is 24.9 Å². The molecule has 3 amide bonds. The van der Waals surface area contributed by atoms with E-state index in [9.17, 15) is 14.4 Å². The first-order valence-electron chi connectivity index (χ1n) is 15.1. The molecule has 0 saturated heterocycles. The lowest BCUT2D eigenvalue weighted by atomic mass is 10.1. The van der Waals surface area contributed by atoms with E-state index in [2.05, 4.69) is 16.0 Å². The normalized spacial score (nSPS) is 11.6.